The smallest absolute Gasteiger partial charge is 0.372 e. The molecule has 0 saturated heterocycles. The van der Waals surface area contributed by atoms with Gasteiger partial charge in [0.25, 0.3) is 0 Å². The molecule has 0 N–H and O–H groups in total. The van der Waals surface area contributed by atoms with Crippen LogP contribution in [0.2, 0.25) is 0 Å². The van der Waals surface area contributed by atoms with Crippen LogP contribution in [0.25, 0.3) is 0 Å². The van der Waals surface area contributed by atoms with Crippen molar-refractivity contribution in [3.8, 4) is 0 Å². The van der Waals surface area contributed by atoms with E-state index < -0.39 is 0 Å². The minimum atomic E-state index is 0. The van der Waals surface area contributed by atoms with Gasteiger partial charge in [0.15, 0.2) is 0 Å². The van der Waals surface area contributed by atoms with Gasteiger partial charge in [0, 0.05) is 0 Å². The molecular formula is C9H11KO. The van der Waals surface area contributed by atoms with Crippen molar-refractivity contribution in [2.45, 2.75) is 13.2 Å². The van der Waals surface area contributed by atoms with Crippen molar-refractivity contribution in [1.29, 1.82) is 0 Å². The van der Waals surface area contributed by atoms with Crippen molar-refractivity contribution in [1.82, 2.24) is 0 Å². The van der Waals surface area contributed by atoms with Crippen LogP contribution in [0, 0.1) is 7.43 Å². The largest absolute Gasteiger partial charge is 1.00 e. The molecule has 0 aromatic heterocycles. The summed E-state index contributed by atoms with van der Waals surface area (Å²) >= 11 is 0. The Kier molecular flexibility index (Phi) is 5.87. The number of fused-ring (bicyclic) bond motifs is 1. The molecule has 54 valence electrons. The van der Waals surface area contributed by atoms with Gasteiger partial charge in [0.05, 0.1) is 13.2 Å². The molecule has 2 rings (SSSR count). The van der Waals surface area contributed by atoms with Crippen LogP contribution in [-0.4, -0.2) is 0 Å². The third kappa shape index (κ3) is 2.65. The molecule has 1 heterocycles. The Bertz CT molecular complexity index is 200. The third-order valence-corrected chi connectivity index (χ3v) is 1.63. The van der Waals surface area contributed by atoms with Crippen LogP contribution in [-0.2, 0) is 18.0 Å². The maximum Gasteiger partial charge on any atom is 1.00 e. The van der Waals surface area contributed by atoms with Gasteiger partial charge in [-0.1, -0.05) is 24.3 Å². The van der Waals surface area contributed by atoms with Gasteiger partial charge in [-0.3, -0.25) is 0 Å². The van der Waals surface area contributed by atoms with Crippen LogP contribution in [0.3, 0.4) is 0 Å². The van der Waals surface area contributed by atoms with E-state index >= 15 is 0 Å². The predicted molar refractivity (Wildman–Crippen MR) is 41.3 cm³/mol. The average Bonchev–Trinajstić information content (AvgIpc) is 2.33. The number of ether oxygens (including phenoxy) is 1. The molecule has 0 amide bonds. The van der Waals surface area contributed by atoms with Gasteiger partial charge in [-0.2, -0.15) is 0 Å². The standard InChI is InChI=1S/C8H8O.CH3.K/c1-2-4-8-6-9-5-7(8)3-1;;/h1-4H,5-6H2;1H3;/q;-1;+1. The fourth-order valence-corrected chi connectivity index (χ4v) is 1.11. The first kappa shape index (κ1) is 11.8. The molecule has 0 atom stereocenters. The molecule has 1 aromatic rings. The molecule has 1 aliphatic heterocycles. The van der Waals surface area contributed by atoms with Crippen LogP contribution in [0.15, 0.2) is 24.3 Å². The van der Waals surface area contributed by atoms with Crippen molar-refractivity contribution in [2.75, 3.05) is 0 Å². The summed E-state index contributed by atoms with van der Waals surface area (Å²) in [6, 6.07) is 8.33. The van der Waals surface area contributed by atoms with Gasteiger partial charge in [-0.15, -0.1) is 0 Å². The van der Waals surface area contributed by atoms with E-state index in [4.69, 9.17) is 4.74 Å². The van der Waals surface area contributed by atoms with Crippen LogP contribution < -0.4 is 51.4 Å². The zero-order valence-electron chi connectivity index (χ0n) is 7.13. The molecule has 0 bridgehead atoms. The zero-order valence-corrected chi connectivity index (χ0v) is 10.3. The fraction of sp³-hybridized carbons (Fsp3) is 0.222. The molecular weight excluding hydrogens is 163 g/mol. The normalized spacial score (nSPS) is 12.7. The van der Waals surface area contributed by atoms with E-state index in [2.05, 4.69) is 12.1 Å². The van der Waals surface area contributed by atoms with Crippen molar-refractivity contribution >= 4 is 0 Å². The summed E-state index contributed by atoms with van der Waals surface area (Å²) in [4.78, 5) is 0. The van der Waals surface area contributed by atoms with Crippen molar-refractivity contribution in [2.24, 2.45) is 0 Å². The SMILES string of the molecule is [CH3-].[K+].c1ccc2c(c1)COC2. The average molecular weight is 174 g/mol. The van der Waals surface area contributed by atoms with Gasteiger partial charge in [0.1, 0.15) is 0 Å². The number of hydrogen-bond donors (Lipinski definition) is 0. The Morgan fingerprint density at radius 1 is 1.00 bits per heavy atom. The van der Waals surface area contributed by atoms with E-state index in [0.717, 1.165) is 13.2 Å². The number of hydrogen-bond acceptors (Lipinski definition) is 1. The summed E-state index contributed by atoms with van der Waals surface area (Å²) in [7, 11) is 0. The first-order valence-corrected chi connectivity index (χ1v) is 3.11. The van der Waals surface area contributed by atoms with Gasteiger partial charge in [0.2, 0.25) is 0 Å². The first-order valence-electron chi connectivity index (χ1n) is 3.11. The summed E-state index contributed by atoms with van der Waals surface area (Å²) in [6.07, 6.45) is 0. The van der Waals surface area contributed by atoms with Gasteiger partial charge in [-0.25, -0.2) is 0 Å². The first-order chi connectivity index (χ1) is 4.47. The second-order valence-electron chi connectivity index (χ2n) is 2.26. The Labute approximate surface area is 111 Å². The molecule has 0 saturated carbocycles. The van der Waals surface area contributed by atoms with Crippen LogP contribution in [0.1, 0.15) is 11.1 Å². The molecule has 11 heavy (non-hydrogen) atoms. The number of rotatable bonds is 0. The maximum absolute atomic E-state index is 5.21. The Hall–Kier alpha value is 0.816. The summed E-state index contributed by atoms with van der Waals surface area (Å²) < 4.78 is 5.21. The van der Waals surface area contributed by atoms with Gasteiger partial charge in [-0.05, 0) is 11.1 Å². The summed E-state index contributed by atoms with van der Waals surface area (Å²) in [5, 5.41) is 0. The van der Waals surface area contributed by atoms with Gasteiger partial charge >= 0.3 is 51.4 Å². The predicted octanol–water partition coefficient (Wildman–Crippen LogP) is -0.829. The van der Waals surface area contributed by atoms with E-state index in [1.54, 1.807) is 0 Å². The maximum atomic E-state index is 5.21. The second kappa shape index (κ2) is 5.46. The summed E-state index contributed by atoms with van der Waals surface area (Å²) in [5.74, 6) is 0. The molecule has 2 heteroatoms. The monoisotopic (exact) mass is 174 g/mol. The Morgan fingerprint density at radius 3 is 1.91 bits per heavy atom. The molecule has 0 radical (unpaired) electrons. The minimum Gasteiger partial charge on any atom is -0.372 e. The molecule has 0 aliphatic carbocycles. The molecule has 1 aliphatic rings. The van der Waals surface area contributed by atoms with Gasteiger partial charge < -0.3 is 12.2 Å². The van der Waals surface area contributed by atoms with Crippen molar-refractivity contribution in [3.05, 3.63) is 42.8 Å². The number of benzene rings is 1. The Balaban J connectivity index is 0.000000500. The van der Waals surface area contributed by atoms with Crippen LogP contribution >= 0.6 is 0 Å². The van der Waals surface area contributed by atoms with E-state index in [0.29, 0.717) is 0 Å². The summed E-state index contributed by atoms with van der Waals surface area (Å²) in [5.41, 5.74) is 2.69. The second-order valence-corrected chi connectivity index (χ2v) is 2.26. The zero-order chi connectivity index (χ0) is 6.10. The minimum absolute atomic E-state index is 0. The van der Waals surface area contributed by atoms with Crippen LogP contribution in [0.4, 0.5) is 0 Å². The van der Waals surface area contributed by atoms with E-state index in [9.17, 15) is 0 Å². The van der Waals surface area contributed by atoms with E-state index in [-0.39, 0.29) is 58.8 Å². The molecule has 0 fully saturated rings. The topological polar surface area (TPSA) is 9.23 Å². The van der Waals surface area contributed by atoms with Crippen molar-refractivity contribution in [3.63, 3.8) is 0 Å². The van der Waals surface area contributed by atoms with Crippen LogP contribution in [0.5, 0.6) is 0 Å². The molecule has 0 spiro atoms. The van der Waals surface area contributed by atoms with Crippen molar-refractivity contribution < 1.29 is 56.1 Å². The summed E-state index contributed by atoms with van der Waals surface area (Å²) in [6.45, 7) is 1.60. The van der Waals surface area contributed by atoms with E-state index in [1.165, 1.54) is 11.1 Å². The molecule has 0 unspecified atom stereocenters. The Morgan fingerprint density at radius 2 is 1.45 bits per heavy atom. The quantitative estimate of drug-likeness (QED) is 0.368. The van der Waals surface area contributed by atoms with E-state index in [1.807, 2.05) is 12.1 Å². The fourth-order valence-electron chi connectivity index (χ4n) is 1.11. The molecule has 1 nitrogen and oxygen atoms in total. The molecule has 1 aromatic carbocycles. The third-order valence-electron chi connectivity index (χ3n) is 1.63.